The highest BCUT2D eigenvalue weighted by atomic mass is 16.5. The summed E-state index contributed by atoms with van der Waals surface area (Å²) in [5.74, 6) is -0.429. The van der Waals surface area contributed by atoms with E-state index in [-0.39, 0.29) is 24.7 Å². The van der Waals surface area contributed by atoms with Gasteiger partial charge in [-0.15, -0.1) is 0 Å². The molecule has 0 spiro atoms. The Morgan fingerprint density at radius 1 is 1.22 bits per heavy atom. The molecule has 8 heteroatoms. The van der Waals surface area contributed by atoms with Crippen molar-refractivity contribution in [2.24, 2.45) is 0 Å². The molecular weight excluding hydrogens is 410 g/mol. The zero-order chi connectivity index (χ0) is 23.4. The first-order valence-corrected chi connectivity index (χ1v) is 11.0. The SMILES string of the molecule is CCC(=O)CCCN1CCN(C(=O)CC2=C(C)C(=N)c3ccc(OC)cc32)C(C(=O)O)C1. The highest BCUT2D eigenvalue weighted by Crippen LogP contribution is 2.37. The molecule has 1 aromatic rings. The van der Waals surface area contributed by atoms with Crippen LogP contribution in [-0.2, 0) is 14.4 Å². The Hall–Kier alpha value is -3.00. The predicted molar refractivity (Wildman–Crippen MR) is 121 cm³/mol. The van der Waals surface area contributed by atoms with Crippen LogP contribution in [0.5, 0.6) is 5.75 Å². The smallest absolute Gasteiger partial charge is 0.327 e. The number of benzene rings is 1. The molecule has 1 atom stereocenters. The second-order valence-corrected chi connectivity index (χ2v) is 8.30. The van der Waals surface area contributed by atoms with Crippen LogP contribution in [0.4, 0.5) is 0 Å². The summed E-state index contributed by atoms with van der Waals surface area (Å²) in [6.45, 7) is 5.46. The molecule has 0 aromatic heterocycles. The van der Waals surface area contributed by atoms with Gasteiger partial charge in [0.2, 0.25) is 5.91 Å². The van der Waals surface area contributed by atoms with Crippen molar-refractivity contribution < 1.29 is 24.2 Å². The highest BCUT2D eigenvalue weighted by Gasteiger charge is 2.36. The number of ether oxygens (including phenoxy) is 1. The lowest BCUT2D eigenvalue weighted by molar-refractivity contribution is -0.153. The molecule has 1 aliphatic heterocycles. The van der Waals surface area contributed by atoms with Gasteiger partial charge in [0.05, 0.1) is 19.2 Å². The number of nitrogens with one attached hydrogen (secondary N) is 1. The van der Waals surface area contributed by atoms with Crippen LogP contribution in [0.2, 0.25) is 0 Å². The number of hydrogen-bond donors (Lipinski definition) is 2. The Kier molecular flexibility index (Phi) is 7.45. The van der Waals surface area contributed by atoms with Crippen LogP contribution in [0.3, 0.4) is 0 Å². The number of allylic oxidation sites excluding steroid dienone is 1. The average Bonchev–Trinajstić information content (AvgIpc) is 3.02. The molecule has 1 unspecified atom stereocenters. The summed E-state index contributed by atoms with van der Waals surface area (Å²) in [5.41, 5.74) is 3.41. The minimum atomic E-state index is -1.03. The number of carboxylic acids is 1. The molecule has 8 nitrogen and oxygen atoms in total. The Bertz CT molecular complexity index is 968. The first-order chi connectivity index (χ1) is 15.3. The maximum atomic E-state index is 13.2. The predicted octanol–water partition coefficient (Wildman–Crippen LogP) is 2.60. The van der Waals surface area contributed by atoms with Crippen LogP contribution in [0, 0.1) is 5.41 Å². The number of rotatable bonds is 9. The van der Waals surface area contributed by atoms with Crippen LogP contribution in [0.1, 0.15) is 50.7 Å². The molecule has 1 saturated heterocycles. The maximum absolute atomic E-state index is 13.2. The molecular formula is C24H31N3O5. The van der Waals surface area contributed by atoms with E-state index < -0.39 is 12.0 Å². The monoisotopic (exact) mass is 441 g/mol. The summed E-state index contributed by atoms with van der Waals surface area (Å²) >= 11 is 0. The van der Waals surface area contributed by atoms with Crippen molar-refractivity contribution >= 4 is 28.9 Å². The second kappa shape index (κ2) is 10.1. The van der Waals surface area contributed by atoms with Crippen molar-refractivity contribution in [1.29, 1.82) is 5.41 Å². The fourth-order valence-electron chi connectivity index (χ4n) is 4.38. The molecule has 32 heavy (non-hydrogen) atoms. The number of amides is 1. The Balaban J connectivity index is 1.71. The van der Waals surface area contributed by atoms with Crippen molar-refractivity contribution in [2.75, 3.05) is 33.3 Å². The summed E-state index contributed by atoms with van der Waals surface area (Å²) in [5, 5.41) is 18.1. The van der Waals surface area contributed by atoms with Gasteiger partial charge >= 0.3 is 5.97 Å². The van der Waals surface area contributed by atoms with Gasteiger partial charge in [0.25, 0.3) is 0 Å². The third-order valence-electron chi connectivity index (χ3n) is 6.37. The third kappa shape index (κ3) is 4.91. The van der Waals surface area contributed by atoms with E-state index in [4.69, 9.17) is 10.1 Å². The molecule has 1 amide bonds. The van der Waals surface area contributed by atoms with Gasteiger partial charge in [0.1, 0.15) is 17.6 Å². The second-order valence-electron chi connectivity index (χ2n) is 8.30. The molecule has 0 saturated carbocycles. The van der Waals surface area contributed by atoms with E-state index in [2.05, 4.69) is 0 Å². The lowest BCUT2D eigenvalue weighted by Crippen LogP contribution is -2.58. The highest BCUT2D eigenvalue weighted by molar-refractivity contribution is 6.23. The number of carboxylic acid groups (broad SMARTS) is 1. The van der Waals surface area contributed by atoms with E-state index in [0.29, 0.717) is 50.4 Å². The number of Topliss-reactive ketones (excluding diaryl/α,β-unsaturated/α-hetero) is 1. The zero-order valence-corrected chi connectivity index (χ0v) is 18.9. The molecule has 2 N–H and O–H groups in total. The summed E-state index contributed by atoms with van der Waals surface area (Å²) < 4.78 is 5.30. The Labute approximate surface area is 188 Å². The Morgan fingerprint density at radius 2 is 1.97 bits per heavy atom. The summed E-state index contributed by atoms with van der Waals surface area (Å²) in [6, 6.07) is 4.51. The minimum Gasteiger partial charge on any atom is -0.497 e. The van der Waals surface area contributed by atoms with Gasteiger partial charge in [-0.2, -0.15) is 0 Å². The van der Waals surface area contributed by atoms with E-state index in [1.54, 1.807) is 13.2 Å². The summed E-state index contributed by atoms with van der Waals surface area (Å²) in [6.07, 6.45) is 1.75. The van der Waals surface area contributed by atoms with Crippen LogP contribution in [-0.4, -0.2) is 77.6 Å². The van der Waals surface area contributed by atoms with Crippen LogP contribution < -0.4 is 4.74 Å². The van der Waals surface area contributed by atoms with Gasteiger partial charge in [0.15, 0.2) is 0 Å². The molecule has 1 fully saturated rings. The van der Waals surface area contributed by atoms with E-state index in [9.17, 15) is 19.5 Å². The molecule has 3 rings (SSSR count). The summed E-state index contributed by atoms with van der Waals surface area (Å²) in [4.78, 5) is 40.1. The number of methoxy groups -OCH3 is 1. The molecule has 172 valence electrons. The number of carbonyl (C=O) groups excluding carboxylic acids is 2. The molecule has 2 aliphatic rings. The number of aliphatic carboxylic acids is 1. The standard InChI is InChI=1S/C24H31N3O5/c1-4-16(28)6-5-9-26-10-11-27(21(14-26)24(30)31)22(29)13-19-15(2)23(25)18-8-7-17(32-3)12-20(18)19/h7-8,12,21,25H,4-6,9-11,13-14H2,1-3H3,(H,30,31). The van der Waals surface area contributed by atoms with Gasteiger partial charge < -0.3 is 14.7 Å². The minimum absolute atomic E-state index is 0.0448. The van der Waals surface area contributed by atoms with Crippen LogP contribution >= 0.6 is 0 Å². The molecule has 0 bridgehead atoms. The van der Waals surface area contributed by atoms with Gasteiger partial charge in [-0.3, -0.25) is 19.9 Å². The normalized spacial score (nSPS) is 18.7. The quantitative estimate of drug-likeness (QED) is 0.609. The van der Waals surface area contributed by atoms with E-state index in [1.165, 1.54) is 4.90 Å². The number of piperazine rings is 1. The van der Waals surface area contributed by atoms with E-state index in [1.807, 2.05) is 30.9 Å². The fourth-order valence-corrected chi connectivity index (χ4v) is 4.38. The number of hydrogen-bond acceptors (Lipinski definition) is 6. The van der Waals surface area contributed by atoms with Gasteiger partial charge in [-0.25, -0.2) is 4.79 Å². The maximum Gasteiger partial charge on any atom is 0.327 e. The third-order valence-corrected chi connectivity index (χ3v) is 6.37. The van der Waals surface area contributed by atoms with Crippen molar-refractivity contribution in [3.63, 3.8) is 0 Å². The molecule has 0 radical (unpaired) electrons. The van der Waals surface area contributed by atoms with Gasteiger partial charge in [-0.05, 0) is 54.8 Å². The largest absolute Gasteiger partial charge is 0.497 e. The van der Waals surface area contributed by atoms with Gasteiger partial charge in [0, 0.05) is 38.0 Å². The van der Waals surface area contributed by atoms with Crippen molar-refractivity contribution in [3.05, 3.63) is 34.9 Å². The molecule has 1 aliphatic carbocycles. The number of ketones is 1. The Morgan fingerprint density at radius 3 is 2.62 bits per heavy atom. The first-order valence-electron chi connectivity index (χ1n) is 11.0. The zero-order valence-electron chi connectivity index (χ0n) is 18.9. The number of nitrogens with zero attached hydrogens (tertiary/aromatic N) is 2. The lowest BCUT2D eigenvalue weighted by Gasteiger charge is -2.39. The average molecular weight is 442 g/mol. The van der Waals surface area contributed by atoms with Crippen LogP contribution in [0.25, 0.3) is 5.57 Å². The summed E-state index contributed by atoms with van der Waals surface area (Å²) in [7, 11) is 1.57. The van der Waals surface area contributed by atoms with Gasteiger partial charge in [-0.1, -0.05) is 6.92 Å². The first kappa shape index (κ1) is 23.7. The van der Waals surface area contributed by atoms with E-state index in [0.717, 1.165) is 22.3 Å². The fraction of sp³-hybridized carbons (Fsp3) is 0.500. The molecule has 1 heterocycles. The number of carbonyl (C=O) groups is 3. The number of fused-ring (bicyclic) bond motifs is 1. The van der Waals surface area contributed by atoms with Crippen LogP contribution in [0.15, 0.2) is 23.8 Å². The van der Waals surface area contributed by atoms with Crippen molar-refractivity contribution in [1.82, 2.24) is 9.80 Å². The molecule has 1 aromatic carbocycles. The lowest BCUT2D eigenvalue weighted by atomic mass is 10.0. The van der Waals surface area contributed by atoms with Crippen molar-refractivity contribution in [2.45, 2.75) is 45.6 Å². The van der Waals surface area contributed by atoms with E-state index >= 15 is 0 Å². The topological polar surface area (TPSA) is 111 Å². The van der Waals surface area contributed by atoms with Crippen molar-refractivity contribution in [3.8, 4) is 5.75 Å².